The summed E-state index contributed by atoms with van der Waals surface area (Å²) in [5.74, 6) is 0. The van der Waals surface area contributed by atoms with Gasteiger partial charge in [0, 0.05) is 6.54 Å². The zero-order chi connectivity index (χ0) is 16.5. The van der Waals surface area contributed by atoms with Crippen molar-refractivity contribution >= 4 is 6.09 Å². The fourth-order valence-electron chi connectivity index (χ4n) is 1.78. The number of hydrogen-bond donors (Lipinski definition) is 1. The summed E-state index contributed by atoms with van der Waals surface area (Å²) in [5.41, 5.74) is 4.26. The molecular weight excluding hydrogens is 289 g/mol. The molecule has 8 heteroatoms. The molecule has 1 aliphatic rings. The molecule has 0 bridgehead atoms. The van der Waals surface area contributed by atoms with Crippen molar-refractivity contribution in [2.75, 3.05) is 26.2 Å². The van der Waals surface area contributed by atoms with Crippen LogP contribution >= 0.6 is 0 Å². The second kappa shape index (κ2) is 9.09. The van der Waals surface area contributed by atoms with Crippen LogP contribution in [0.15, 0.2) is 0 Å². The van der Waals surface area contributed by atoms with Gasteiger partial charge < -0.3 is 15.4 Å². The van der Waals surface area contributed by atoms with Crippen molar-refractivity contribution in [3.05, 3.63) is 0 Å². The van der Waals surface area contributed by atoms with Gasteiger partial charge >= 0.3 is 12.5 Å². The number of piperidine rings is 1. The molecule has 1 fully saturated rings. The number of alkyl halides is 3. The number of carbonyl (C=O) groups is 1. The second-order valence-electron chi connectivity index (χ2n) is 5.73. The van der Waals surface area contributed by atoms with Crippen molar-refractivity contribution < 1.29 is 27.4 Å². The fourth-order valence-corrected chi connectivity index (χ4v) is 1.78. The van der Waals surface area contributed by atoms with Crippen LogP contribution in [0.5, 0.6) is 0 Å². The van der Waals surface area contributed by atoms with Crippen molar-refractivity contribution in [3.63, 3.8) is 0 Å². The summed E-state index contributed by atoms with van der Waals surface area (Å²) in [4.78, 5) is 12.0. The van der Waals surface area contributed by atoms with Gasteiger partial charge in [-0.15, -0.1) is 13.2 Å². The predicted molar refractivity (Wildman–Crippen MR) is 72.7 cm³/mol. The first-order valence-corrected chi connectivity index (χ1v) is 6.91. The Balaban J connectivity index is 0.000000433. The van der Waals surface area contributed by atoms with Crippen LogP contribution in [0.4, 0.5) is 18.0 Å². The maximum Gasteiger partial charge on any atom is 0.522 e. The number of ether oxygens (including phenoxy) is 2. The Kier molecular flexibility index (Phi) is 8.65. The van der Waals surface area contributed by atoms with E-state index in [9.17, 15) is 18.0 Å². The molecule has 0 aromatic carbocycles. The summed E-state index contributed by atoms with van der Waals surface area (Å²) in [6.07, 6.45) is -1.83. The standard InChI is InChI=1S/C8H14F3NO.C5H11NO2/c9-8(10,11)13-7-6-12-4-2-1-3-5-12;1-5(2,3)8-4(6)7/h1-7H2;1-3H3,(H2,6,7). The van der Waals surface area contributed by atoms with E-state index < -0.39 is 18.1 Å². The number of rotatable bonds is 3. The van der Waals surface area contributed by atoms with E-state index in [1.165, 1.54) is 6.42 Å². The number of amides is 1. The molecule has 0 aromatic heterocycles. The Morgan fingerprint density at radius 1 is 1.14 bits per heavy atom. The van der Waals surface area contributed by atoms with E-state index in [1.807, 2.05) is 4.90 Å². The number of hydrogen-bond acceptors (Lipinski definition) is 4. The largest absolute Gasteiger partial charge is 0.522 e. The smallest absolute Gasteiger partial charge is 0.444 e. The average Bonchev–Trinajstić information content (AvgIpc) is 2.26. The molecule has 0 radical (unpaired) electrons. The van der Waals surface area contributed by atoms with Gasteiger partial charge in [-0.1, -0.05) is 6.42 Å². The van der Waals surface area contributed by atoms with Gasteiger partial charge in [-0.3, -0.25) is 4.74 Å². The van der Waals surface area contributed by atoms with E-state index in [-0.39, 0.29) is 6.61 Å². The molecule has 5 nitrogen and oxygen atoms in total. The summed E-state index contributed by atoms with van der Waals surface area (Å²) >= 11 is 0. The third-order valence-corrected chi connectivity index (χ3v) is 2.53. The van der Waals surface area contributed by atoms with Crippen molar-refractivity contribution in [1.29, 1.82) is 0 Å². The molecule has 0 aliphatic carbocycles. The highest BCUT2D eigenvalue weighted by Crippen LogP contribution is 2.16. The molecule has 1 heterocycles. The van der Waals surface area contributed by atoms with Gasteiger partial charge in [-0.2, -0.15) is 0 Å². The lowest BCUT2D eigenvalue weighted by molar-refractivity contribution is -0.325. The Hall–Kier alpha value is -1.02. The van der Waals surface area contributed by atoms with Crippen LogP contribution < -0.4 is 5.73 Å². The molecule has 0 unspecified atom stereocenters. The van der Waals surface area contributed by atoms with Gasteiger partial charge in [0.1, 0.15) is 5.60 Å². The van der Waals surface area contributed by atoms with E-state index in [1.54, 1.807) is 20.8 Å². The zero-order valence-corrected chi connectivity index (χ0v) is 12.8. The quantitative estimate of drug-likeness (QED) is 0.870. The first-order chi connectivity index (χ1) is 9.49. The molecule has 0 spiro atoms. The Bertz CT molecular complexity index is 298. The number of nitrogens with two attached hydrogens (primary N) is 1. The molecule has 0 aromatic rings. The van der Waals surface area contributed by atoms with Gasteiger partial charge in [0.05, 0.1) is 6.61 Å². The minimum Gasteiger partial charge on any atom is -0.444 e. The number of likely N-dealkylation sites (tertiary alicyclic amines) is 1. The van der Waals surface area contributed by atoms with Crippen LogP contribution in [0.25, 0.3) is 0 Å². The summed E-state index contributed by atoms with van der Waals surface area (Å²) in [5, 5.41) is 0. The number of nitrogens with zero attached hydrogens (tertiary/aromatic N) is 1. The lowest BCUT2D eigenvalue weighted by Gasteiger charge is -2.26. The Labute approximate surface area is 123 Å². The molecule has 126 valence electrons. The van der Waals surface area contributed by atoms with Crippen LogP contribution in [0.1, 0.15) is 40.0 Å². The minimum absolute atomic E-state index is 0.247. The number of carbonyl (C=O) groups excluding carboxylic acids is 1. The maximum absolute atomic E-state index is 11.6. The molecule has 2 N–H and O–H groups in total. The van der Waals surface area contributed by atoms with Crippen molar-refractivity contribution in [2.45, 2.75) is 52.0 Å². The highest BCUT2D eigenvalue weighted by Gasteiger charge is 2.28. The normalized spacial score (nSPS) is 16.9. The second-order valence-corrected chi connectivity index (χ2v) is 5.73. The lowest BCUT2D eigenvalue weighted by atomic mass is 10.1. The minimum atomic E-state index is -4.48. The highest BCUT2D eigenvalue weighted by atomic mass is 19.4. The molecule has 1 rings (SSSR count). The average molecular weight is 314 g/mol. The first kappa shape index (κ1) is 20.0. The van der Waals surface area contributed by atoms with E-state index in [2.05, 4.69) is 9.47 Å². The van der Waals surface area contributed by atoms with E-state index in [0.717, 1.165) is 25.9 Å². The van der Waals surface area contributed by atoms with Crippen LogP contribution in [0, 0.1) is 0 Å². The van der Waals surface area contributed by atoms with Crippen LogP contribution in [-0.2, 0) is 9.47 Å². The molecular formula is C13H25F3N2O3. The SMILES string of the molecule is CC(C)(C)OC(N)=O.FC(F)(F)OCCN1CCCCC1. The molecule has 0 saturated carbocycles. The third-order valence-electron chi connectivity index (χ3n) is 2.53. The first-order valence-electron chi connectivity index (χ1n) is 6.91. The molecule has 1 amide bonds. The van der Waals surface area contributed by atoms with E-state index in [4.69, 9.17) is 5.73 Å². The summed E-state index contributed by atoms with van der Waals surface area (Å²) in [6.45, 7) is 7.23. The molecule has 1 aliphatic heterocycles. The van der Waals surface area contributed by atoms with Gasteiger partial charge in [-0.25, -0.2) is 4.79 Å². The van der Waals surface area contributed by atoms with Crippen molar-refractivity contribution in [1.82, 2.24) is 4.90 Å². The maximum atomic E-state index is 11.6. The summed E-state index contributed by atoms with van der Waals surface area (Å²) in [6, 6.07) is 0. The number of halogens is 3. The van der Waals surface area contributed by atoms with Crippen molar-refractivity contribution in [3.8, 4) is 0 Å². The predicted octanol–water partition coefficient (Wildman–Crippen LogP) is 2.89. The van der Waals surface area contributed by atoms with Crippen LogP contribution in [0.2, 0.25) is 0 Å². The molecule has 21 heavy (non-hydrogen) atoms. The van der Waals surface area contributed by atoms with Gasteiger partial charge in [0.15, 0.2) is 0 Å². The zero-order valence-electron chi connectivity index (χ0n) is 12.8. The van der Waals surface area contributed by atoms with Gasteiger partial charge in [0.25, 0.3) is 0 Å². The molecule has 0 atom stereocenters. The lowest BCUT2D eigenvalue weighted by Crippen LogP contribution is -2.33. The van der Waals surface area contributed by atoms with Crippen LogP contribution in [0.3, 0.4) is 0 Å². The van der Waals surface area contributed by atoms with Gasteiger partial charge in [0.2, 0.25) is 0 Å². The summed E-state index contributed by atoms with van der Waals surface area (Å²) in [7, 11) is 0. The fraction of sp³-hybridized carbons (Fsp3) is 0.923. The van der Waals surface area contributed by atoms with Crippen LogP contribution in [-0.4, -0.2) is 49.2 Å². The number of primary amides is 1. The third kappa shape index (κ3) is 15.2. The van der Waals surface area contributed by atoms with Gasteiger partial charge in [-0.05, 0) is 46.7 Å². The topological polar surface area (TPSA) is 64.8 Å². The Morgan fingerprint density at radius 3 is 2.00 bits per heavy atom. The van der Waals surface area contributed by atoms with E-state index >= 15 is 0 Å². The summed E-state index contributed by atoms with van der Waals surface area (Å²) < 4.78 is 43.0. The Morgan fingerprint density at radius 2 is 1.67 bits per heavy atom. The molecule has 1 saturated heterocycles. The van der Waals surface area contributed by atoms with E-state index in [0.29, 0.717) is 6.54 Å². The monoisotopic (exact) mass is 314 g/mol. The van der Waals surface area contributed by atoms with Crippen molar-refractivity contribution in [2.24, 2.45) is 5.73 Å². The highest BCUT2D eigenvalue weighted by molar-refractivity contribution is 5.65.